The lowest BCUT2D eigenvalue weighted by atomic mass is 9.81. The highest BCUT2D eigenvalue weighted by Gasteiger charge is 2.35. The lowest BCUT2D eigenvalue weighted by Gasteiger charge is -2.22. The molecular formula is C116H78N2. The molecule has 2 heteroatoms. The van der Waals surface area contributed by atoms with Gasteiger partial charge in [0, 0.05) is 38.3 Å². The molecule has 0 saturated heterocycles. The van der Waals surface area contributed by atoms with Crippen molar-refractivity contribution in [2.45, 2.75) is 25.7 Å². The fraction of sp³-hybridized carbons (Fsp3) is 0.0345. The topological polar surface area (TPSA) is 9.86 Å². The fourth-order valence-corrected chi connectivity index (χ4v) is 20.0. The summed E-state index contributed by atoms with van der Waals surface area (Å²) < 4.78 is 4.84. The van der Waals surface area contributed by atoms with Gasteiger partial charge in [-0.3, -0.25) is 0 Å². The Hall–Kier alpha value is -15.0. The highest BCUT2D eigenvalue weighted by atomic mass is 15.0. The van der Waals surface area contributed by atoms with E-state index < -0.39 is 0 Å². The number of benzene rings is 20. The molecule has 22 aromatic rings. The standard InChI is InChI=1S/C59H41N.C57H37N/c1-59(2)53-22-12-10-16-45(53)46-34-30-43(37-54(46)59)39-26-24-38(25-27-39)42-31-35-56-52(36-42)47-17-11-13-23-55(47)60(56)44-32-28-41(29-33-44)58-50-20-8-6-18-48(50)57(40-14-4-3-5-15-40)49-19-7-9-21-51(49)58;1-2-12-39(13-3-1)56-49-17-6-8-19-51(49)57(52-20-9-7-18-50(52)56)40-26-30-45(31-27-40)58-54-21-11-10-16-48(54)53-36-42(29-33-55(53)58)38-24-22-37(23-25-38)41-28-32-47-44(34-41)35-43-14-4-5-15-46(43)47/h3-37H,1-2H3;1-34,36H,35H2. The zero-order valence-electron chi connectivity index (χ0n) is 65.5. The number of aromatic nitrogens is 2. The molecule has 0 N–H and O–H groups in total. The van der Waals surface area contributed by atoms with Crippen LogP contribution in [0.2, 0.25) is 0 Å². The summed E-state index contributed by atoms with van der Waals surface area (Å²) in [6.07, 6.45) is 1.01. The van der Waals surface area contributed by atoms with Crippen LogP contribution >= 0.6 is 0 Å². The van der Waals surface area contributed by atoms with E-state index in [1.807, 2.05) is 0 Å². The second-order valence-electron chi connectivity index (χ2n) is 32.5. The molecule has 0 radical (unpaired) electrons. The first-order valence-corrected chi connectivity index (χ1v) is 41.2. The van der Waals surface area contributed by atoms with Crippen LogP contribution in [-0.2, 0) is 11.8 Å². The summed E-state index contributed by atoms with van der Waals surface area (Å²) >= 11 is 0. The van der Waals surface area contributed by atoms with Gasteiger partial charge >= 0.3 is 0 Å². The minimum atomic E-state index is -0.0165. The van der Waals surface area contributed by atoms with E-state index in [0.717, 1.165) is 17.8 Å². The molecule has 0 fully saturated rings. The van der Waals surface area contributed by atoms with Crippen molar-refractivity contribution >= 4 is 86.7 Å². The van der Waals surface area contributed by atoms with Gasteiger partial charge in [-0.1, -0.05) is 372 Å². The molecule has 552 valence electrons. The van der Waals surface area contributed by atoms with Crippen molar-refractivity contribution in [2.24, 2.45) is 0 Å². The first-order valence-electron chi connectivity index (χ1n) is 41.2. The highest BCUT2D eigenvalue weighted by molar-refractivity contribution is 6.23. The number of hydrogen-bond donors (Lipinski definition) is 0. The van der Waals surface area contributed by atoms with Crippen LogP contribution in [0, 0.1) is 0 Å². The van der Waals surface area contributed by atoms with Gasteiger partial charge < -0.3 is 9.13 Å². The highest BCUT2D eigenvalue weighted by Crippen LogP contribution is 2.52. The summed E-state index contributed by atoms with van der Waals surface area (Å²) in [6.45, 7) is 4.70. The molecule has 0 aliphatic heterocycles. The fourth-order valence-electron chi connectivity index (χ4n) is 20.0. The molecule has 2 aromatic heterocycles. The monoisotopic (exact) mass is 1500 g/mol. The van der Waals surface area contributed by atoms with Crippen molar-refractivity contribution < 1.29 is 0 Å². The van der Waals surface area contributed by atoms with Gasteiger partial charge in [0.1, 0.15) is 0 Å². The van der Waals surface area contributed by atoms with Crippen LogP contribution in [0.3, 0.4) is 0 Å². The van der Waals surface area contributed by atoms with Gasteiger partial charge in [0.25, 0.3) is 0 Å². The SMILES string of the molecule is CC1(C)c2ccccc2-c2ccc(-c3ccc(-c4ccc5c(c4)c4ccccc4n5-c4ccc(-c5c6ccccc6c(-c6ccccc6)c6ccccc56)cc4)cc3)cc21.c1ccc(-c2c3ccccc3c(-c3ccc(-n4c5ccccc5c5cc(-c6ccc(-c7ccc8c(c7)Cc7ccccc7-8)cc6)ccc54)cc3)c3ccccc23)cc1. The van der Waals surface area contributed by atoms with Crippen molar-refractivity contribution in [1.82, 2.24) is 9.13 Å². The second kappa shape index (κ2) is 27.7. The maximum absolute atomic E-state index is 2.42. The first-order chi connectivity index (χ1) is 58.3. The predicted octanol–water partition coefficient (Wildman–Crippen LogP) is 31.4. The van der Waals surface area contributed by atoms with Crippen LogP contribution in [-0.4, -0.2) is 9.13 Å². The summed E-state index contributed by atoms with van der Waals surface area (Å²) in [5, 5.41) is 15.2. The van der Waals surface area contributed by atoms with E-state index in [9.17, 15) is 0 Å². The van der Waals surface area contributed by atoms with E-state index in [-0.39, 0.29) is 5.41 Å². The minimum Gasteiger partial charge on any atom is -0.309 e. The Morgan fingerprint density at radius 1 is 0.178 bits per heavy atom. The van der Waals surface area contributed by atoms with Crippen LogP contribution in [0.15, 0.2) is 425 Å². The predicted molar refractivity (Wildman–Crippen MR) is 501 cm³/mol. The minimum absolute atomic E-state index is 0.0165. The molecule has 2 heterocycles. The molecular weight excluding hydrogens is 1420 g/mol. The quantitative estimate of drug-likeness (QED) is 0.121. The molecule has 2 nitrogen and oxygen atoms in total. The summed E-state index contributed by atoms with van der Waals surface area (Å²) in [5.74, 6) is 0. The maximum Gasteiger partial charge on any atom is 0.0541 e. The van der Waals surface area contributed by atoms with Crippen molar-refractivity contribution in [1.29, 1.82) is 0 Å². The van der Waals surface area contributed by atoms with Gasteiger partial charge in [0.15, 0.2) is 0 Å². The van der Waals surface area contributed by atoms with Gasteiger partial charge in [-0.2, -0.15) is 0 Å². The number of para-hydroxylation sites is 2. The molecule has 2 aliphatic carbocycles. The van der Waals surface area contributed by atoms with Crippen LogP contribution in [0.25, 0.3) is 209 Å². The normalized spacial score (nSPS) is 12.5. The van der Waals surface area contributed by atoms with Crippen LogP contribution < -0.4 is 0 Å². The van der Waals surface area contributed by atoms with Gasteiger partial charge in [0.05, 0.1) is 22.1 Å². The molecule has 118 heavy (non-hydrogen) atoms. The van der Waals surface area contributed by atoms with E-state index in [2.05, 4.69) is 448 Å². The lowest BCUT2D eigenvalue weighted by molar-refractivity contribution is 0.660. The van der Waals surface area contributed by atoms with Gasteiger partial charge in [-0.05, 0) is 250 Å². The molecule has 0 bridgehead atoms. The third-order valence-electron chi connectivity index (χ3n) is 25.6. The van der Waals surface area contributed by atoms with Crippen molar-refractivity contribution in [3.8, 4) is 123 Å². The number of nitrogens with zero attached hydrogens (tertiary/aromatic N) is 2. The largest absolute Gasteiger partial charge is 0.309 e. The Bertz CT molecular complexity index is 7680. The van der Waals surface area contributed by atoms with Gasteiger partial charge in [-0.25, -0.2) is 0 Å². The van der Waals surface area contributed by atoms with Gasteiger partial charge in [0.2, 0.25) is 0 Å². The third kappa shape index (κ3) is 11.2. The first kappa shape index (κ1) is 68.6. The van der Waals surface area contributed by atoms with E-state index in [0.29, 0.717) is 0 Å². The second-order valence-corrected chi connectivity index (χ2v) is 32.5. The maximum atomic E-state index is 2.42. The van der Waals surface area contributed by atoms with Crippen LogP contribution in [0.1, 0.15) is 36.1 Å². The van der Waals surface area contributed by atoms with Crippen LogP contribution in [0.5, 0.6) is 0 Å². The number of rotatable bonds is 10. The Kier molecular flexibility index (Phi) is 16.1. The summed E-state index contributed by atoms with van der Waals surface area (Å²) in [5.41, 5.74) is 38.2. The summed E-state index contributed by atoms with van der Waals surface area (Å²) in [4.78, 5) is 0. The average Bonchev–Trinajstić information content (AvgIpc) is 1.37. The third-order valence-corrected chi connectivity index (χ3v) is 25.6. The number of hydrogen-bond acceptors (Lipinski definition) is 0. The molecule has 0 atom stereocenters. The van der Waals surface area contributed by atoms with Crippen molar-refractivity contribution in [2.75, 3.05) is 0 Å². The molecule has 20 aromatic carbocycles. The van der Waals surface area contributed by atoms with Crippen molar-refractivity contribution in [3.05, 3.63) is 447 Å². The molecule has 2 aliphatic rings. The lowest BCUT2D eigenvalue weighted by Crippen LogP contribution is -2.14. The Labute approximate surface area is 686 Å². The Morgan fingerprint density at radius 2 is 0.458 bits per heavy atom. The zero-order chi connectivity index (χ0) is 78.1. The molecule has 24 rings (SSSR count). The Morgan fingerprint density at radius 3 is 0.881 bits per heavy atom. The zero-order valence-corrected chi connectivity index (χ0v) is 65.5. The average molecular weight is 1500 g/mol. The van der Waals surface area contributed by atoms with Gasteiger partial charge in [-0.15, -0.1) is 0 Å². The number of fused-ring (bicyclic) bond motifs is 16. The van der Waals surface area contributed by atoms with E-state index >= 15 is 0 Å². The van der Waals surface area contributed by atoms with E-state index in [1.54, 1.807) is 0 Å². The van der Waals surface area contributed by atoms with E-state index in [1.165, 1.54) is 220 Å². The molecule has 0 saturated carbocycles. The van der Waals surface area contributed by atoms with Crippen molar-refractivity contribution in [3.63, 3.8) is 0 Å². The molecule has 0 unspecified atom stereocenters. The van der Waals surface area contributed by atoms with E-state index in [4.69, 9.17) is 0 Å². The summed E-state index contributed by atoms with van der Waals surface area (Å²) in [6, 6.07) is 157. The molecule has 0 spiro atoms. The smallest absolute Gasteiger partial charge is 0.0541 e. The molecule has 0 amide bonds. The van der Waals surface area contributed by atoms with Crippen LogP contribution in [0.4, 0.5) is 0 Å². The summed E-state index contributed by atoms with van der Waals surface area (Å²) in [7, 11) is 0. The Balaban J connectivity index is 0.000000138.